The van der Waals surface area contributed by atoms with Gasteiger partial charge in [-0.3, -0.25) is 0 Å². The summed E-state index contributed by atoms with van der Waals surface area (Å²) in [4.78, 5) is 0. The van der Waals surface area contributed by atoms with Crippen molar-refractivity contribution in [3.63, 3.8) is 0 Å². The van der Waals surface area contributed by atoms with E-state index in [1.165, 1.54) is 0 Å². The number of hydrogen-bond donors (Lipinski definition) is 2. The van der Waals surface area contributed by atoms with Crippen LogP contribution in [-0.4, -0.2) is 22.0 Å². The van der Waals surface area contributed by atoms with E-state index in [0.717, 1.165) is 17.2 Å². The molecule has 1 aromatic carbocycles. The summed E-state index contributed by atoms with van der Waals surface area (Å²) in [5.41, 5.74) is 2.06. The van der Waals surface area contributed by atoms with Crippen LogP contribution >= 0.6 is 0 Å². The summed E-state index contributed by atoms with van der Waals surface area (Å²) in [5, 5.41) is 17.4. The van der Waals surface area contributed by atoms with Crippen LogP contribution in [-0.2, 0) is 0 Å². The molecule has 3 rings (SSSR count). The van der Waals surface area contributed by atoms with Gasteiger partial charge in [0.15, 0.2) is 0 Å². The van der Waals surface area contributed by atoms with E-state index >= 15 is 0 Å². The van der Waals surface area contributed by atoms with Gasteiger partial charge >= 0.3 is 0 Å². The van der Waals surface area contributed by atoms with Gasteiger partial charge in [-0.25, -0.2) is 4.68 Å². The van der Waals surface area contributed by atoms with Crippen molar-refractivity contribution in [2.75, 3.05) is 12.4 Å². The molecule has 2 N–H and O–H groups in total. The number of aromatic hydroxyl groups is 1. The van der Waals surface area contributed by atoms with Crippen molar-refractivity contribution in [3.05, 3.63) is 48.7 Å². The minimum Gasteiger partial charge on any atom is -0.507 e. The molecule has 1 aliphatic heterocycles. The molecule has 5 heteroatoms. The summed E-state index contributed by atoms with van der Waals surface area (Å²) in [6, 6.07) is 6.99. The molecule has 0 unspecified atom stereocenters. The first-order valence-electron chi connectivity index (χ1n) is 5.79. The maximum Gasteiger partial charge on any atom is 0.134 e. The van der Waals surface area contributed by atoms with E-state index in [2.05, 4.69) is 17.0 Å². The van der Waals surface area contributed by atoms with Crippen molar-refractivity contribution in [2.24, 2.45) is 0 Å². The van der Waals surface area contributed by atoms with Crippen LogP contribution in [0.25, 0.3) is 11.4 Å². The summed E-state index contributed by atoms with van der Waals surface area (Å²) in [6.45, 7) is 3.95. The van der Waals surface area contributed by atoms with Crippen LogP contribution < -0.4 is 10.1 Å². The zero-order valence-corrected chi connectivity index (χ0v) is 10.4. The maximum atomic E-state index is 10.0. The minimum absolute atomic E-state index is 0. The molecular formula is C14H15N3O2. The van der Waals surface area contributed by atoms with Crippen LogP contribution in [0.3, 0.4) is 0 Å². The SMILES string of the molecule is C=C1C=C(c2c(O)cccc2OC)Nc2ccnn21.[HH]. The van der Waals surface area contributed by atoms with E-state index in [4.69, 9.17) is 4.74 Å². The van der Waals surface area contributed by atoms with Gasteiger partial charge in [-0.05, 0) is 18.2 Å². The molecule has 19 heavy (non-hydrogen) atoms. The van der Waals surface area contributed by atoms with E-state index in [-0.39, 0.29) is 7.18 Å². The smallest absolute Gasteiger partial charge is 0.134 e. The summed E-state index contributed by atoms with van der Waals surface area (Å²) < 4.78 is 6.98. The highest BCUT2D eigenvalue weighted by Crippen LogP contribution is 2.37. The highest BCUT2D eigenvalue weighted by atomic mass is 16.5. The number of ether oxygens (including phenoxy) is 1. The Morgan fingerprint density at radius 3 is 3.05 bits per heavy atom. The fraction of sp³-hybridized carbons (Fsp3) is 0.0714. The second-order valence-corrected chi connectivity index (χ2v) is 4.16. The molecule has 5 nitrogen and oxygen atoms in total. The van der Waals surface area contributed by atoms with Crippen molar-refractivity contribution in [1.82, 2.24) is 9.78 Å². The Hall–Kier alpha value is -2.69. The molecule has 0 aliphatic carbocycles. The largest absolute Gasteiger partial charge is 0.507 e. The number of phenolic OH excluding ortho intramolecular Hbond substituents is 1. The fourth-order valence-electron chi connectivity index (χ4n) is 2.12. The quantitative estimate of drug-likeness (QED) is 0.868. The number of allylic oxidation sites excluding steroid dienone is 2. The van der Waals surface area contributed by atoms with Gasteiger partial charge < -0.3 is 15.2 Å². The van der Waals surface area contributed by atoms with Crippen molar-refractivity contribution in [3.8, 4) is 11.5 Å². The lowest BCUT2D eigenvalue weighted by molar-refractivity contribution is 0.405. The highest BCUT2D eigenvalue weighted by molar-refractivity contribution is 5.90. The summed E-state index contributed by atoms with van der Waals surface area (Å²) >= 11 is 0. The molecule has 0 spiro atoms. The van der Waals surface area contributed by atoms with Gasteiger partial charge in [-0.15, -0.1) is 0 Å². The Bertz CT molecular complexity index is 691. The molecule has 0 fully saturated rings. The standard InChI is InChI=1S/C14H13N3O2.H2/c1-9-8-10(16-13-6-7-15-17(9)13)14-11(18)4-3-5-12(14)19-2;/h3-8,16,18H,1H2,2H3;1H. The topological polar surface area (TPSA) is 59.3 Å². The molecule has 98 valence electrons. The van der Waals surface area contributed by atoms with Gasteiger partial charge in [0, 0.05) is 7.49 Å². The maximum absolute atomic E-state index is 10.0. The fourth-order valence-corrected chi connectivity index (χ4v) is 2.12. The number of methoxy groups -OCH3 is 1. The molecule has 0 amide bonds. The number of benzene rings is 1. The van der Waals surface area contributed by atoms with Gasteiger partial charge in [0.1, 0.15) is 17.3 Å². The predicted molar refractivity (Wildman–Crippen MR) is 75.9 cm³/mol. The molecule has 0 saturated carbocycles. The third-order valence-electron chi connectivity index (χ3n) is 2.98. The van der Waals surface area contributed by atoms with Gasteiger partial charge in [0.2, 0.25) is 0 Å². The lowest BCUT2D eigenvalue weighted by Crippen LogP contribution is -2.12. The Balaban J connectivity index is 0.00000147. The number of aromatic nitrogens is 2. The monoisotopic (exact) mass is 257 g/mol. The Morgan fingerprint density at radius 1 is 1.42 bits per heavy atom. The molecule has 0 atom stereocenters. The molecule has 0 bridgehead atoms. The van der Waals surface area contributed by atoms with Crippen molar-refractivity contribution in [1.29, 1.82) is 0 Å². The minimum atomic E-state index is 0. The molecule has 2 aromatic rings. The molecule has 0 saturated heterocycles. The average molecular weight is 257 g/mol. The first kappa shape index (κ1) is 11.4. The van der Waals surface area contributed by atoms with Crippen LogP contribution in [0.5, 0.6) is 11.5 Å². The average Bonchev–Trinajstić information content (AvgIpc) is 2.87. The van der Waals surface area contributed by atoms with Gasteiger partial charge in [-0.2, -0.15) is 5.10 Å². The first-order chi connectivity index (χ1) is 9.20. The van der Waals surface area contributed by atoms with E-state index < -0.39 is 0 Å². The van der Waals surface area contributed by atoms with Crippen LogP contribution in [0, 0.1) is 0 Å². The highest BCUT2D eigenvalue weighted by Gasteiger charge is 2.19. The predicted octanol–water partition coefficient (Wildman–Crippen LogP) is 2.78. The Kier molecular flexibility index (Phi) is 2.52. The lowest BCUT2D eigenvalue weighted by Gasteiger charge is -2.21. The van der Waals surface area contributed by atoms with Crippen LogP contribution in [0.4, 0.5) is 5.82 Å². The third kappa shape index (κ3) is 1.76. The first-order valence-corrected chi connectivity index (χ1v) is 5.79. The molecule has 1 aromatic heterocycles. The third-order valence-corrected chi connectivity index (χ3v) is 2.98. The van der Waals surface area contributed by atoms with Crippen LogP contribution in [0.15, 0.2) is 43.1 Å². The lowest BCUT2D eigenvalue weighted by atomic mass is 10.1. The number of fused-ring (bicyclic) bond motifs is 1. The van der Waals surface area contributed by atoms with Gasteiger partial charge in [-0.1, -0.05) is 12.6 Å². The van der Waals surface area contributed by atoms with Crippen molar-refractivity contribution >= 4 is 17.2 Å². The van der Waals surface area contributed by atoms with Crippen LogP contribution in [0.1, 0.15) is 6.99 Å². The van der Waals surface area contributed by atoms with E-state index in [0.29, 0.717) is 11.3 Å². The molecular weight excluding hydrogens is 242 g/mol. The van der Waals surface area contributed by atoms with E-state index in [9.17, 15) is 5.11 Å². The normalized spacial score (nSPS) is 13.5. The molecule has 0 radical (unpaired) electrons. The zero-order valence-electron chi connectivity index (χ0n) is 10.4. The van der Waals surface area contributed by atoms with Gasteiger partial charge in [0.05, 0.1) is 30.3 Å². The zero-order chi connectivity index (χ0) is 13.4. The number of anilines is 1. The number of hydrogen-bond acceptors (Lipinski definition) is 4. The van der Waals surface area contributed by atoms with E-state index in [1.807, 2.05) is 12.1 Å². The Morgan fingerprint density at radius 2 is 2.26 bits per heavy atom. The number of nitrogens with one attached hydrogen (secondary N) is 1. The second-order valence-electron chi connectivity index (χ2n) is 4.16. The molecule has 1 aliphatic rings. The number of phenols is 1. The summed E-state index contributed by atoms with van der Waals surface area (Å²) in [6.07, 6.45) is 3.50. The number of rotatable bonds is 2. The summed E-state index contributed by atoms with van der Waals surface area (Å²) in [5.74, 6) is 1.55. The molecule has 2 heterocycles. The van der Waals surface area contributed by atoms with Crippen molar-refractivity contribution < 1.29 is 11.3 Å². The summed E-state index contributed by atoms with van der Waals surface area (Å²) in [7, 11) is 1.57. The Labute approximate surface area is 111 Å². The van der Waals surface area contributed by atoms with Gasteiger partial charge in [0.25, 0.3) is 0 Å². The van der Waals surface area contributed by atoms with Crippen molar-refractivity contribution in [2.45, 2.75) is 0 Å². The second kappa shape index (κ2) is 4.20. The number of nitrogens with zero attached hydrogens (tertiary/aromatic N) is 2. The van der Waals surface area contributed by atoms with E-state index in [1.54, 1.807) is 36.2 Å². The van der Waals surface area contributed by atoms with Crippen LogP contribution in [0.2, 0.25) is 0 Å².